The van der Waals surface area contributed by atoms with E-state index in [9.17, 15) is 8.42 Å². The van der Waals surface area contributed by atoms with Crippen LogP contribution in [0.2, 0.25) is 0 Å². The molecule has 1 aromatic carbocycles. The van der Waals surface area contributed by atoms with Gasteiger partial charge in [0.15, 0.2) is 0 Å². The van der Waals surface area contributed by atoms with Gasteiger partial charge >= 0.3 is 0 Å². The van der Waals surface area contributed by atoms with Crippen LogP contribution in [-0.2, 0) is 23.0 Å². The highest BCUT2D eigenvalue weighted by Crippen LogP contribution is 2.17. The summed E-state index contributed by atoms with van der Waals surface area (Å²) in [6.45, 7) is 2.62. The second kappa shape index (κ2) is 7.58. The lowest BCUT2D eigenvalue weighted by molar-refractivity contribution is 0.286. The Hall–Kier alpha value is -2.20. The summed E-state index contributed by atoms with van der Waals surface area (Å²) in [7, 11) is -3.53. The molecule has 0 unspecified atom stereocenters. The van der Waals surface area contributed by atoms with Crippen LogP contribution in [0.5, 0.6) is 0 Å². The molecule has 0 fully saturated rings. The minimum absolute atomic E-state index is 0.0989. The largest absolute Gasteiger partial charge is 0.288 e. The lowest BCUT2D eigenvalue weighted by Crippen LogP contribution is -2.31. The molecule has 0 saturated heterocycles. The normalized spacial score (nSPS) is 14.5. The van der Waals surface area contributed by atoms with Gasteiger partial charge in [-0.2, -0.15) is 4.72 Å². The van der Waals surface area contributed by atoms with E-state index in [1.54, 1.807) is 6.07 Å². The molecule has 2 aromatic rings. The van der Waals surface area contributed by atoms with Gasteiger partial charge in [0.25, 0.3) is 0 Å². The van der Waals surface area contributed by atoms with Crippen LogP contribution in [-0.4, -0.2) is 37.9 Å². The second-order valence-electron chi connectivity index (χ2n) is 5.60. The van der Waals surface area contributed by atoms with Crippen molar-refractivity contribution in [2.24, 2.45) is 0 Å². The molecule has 0 atom stereocenters. The van der Waals surface area contributed by atoms with Crippen LogP contribution in [0.15, 0.2) is 53.7 Å². The molecule has 0 aliphatic carbocycles. The molecule has 1 aliphatic heterocycles. The van der Waals surface area contributed by atoms with Crippen molar-refractivity contribution in [3.63, 3.8) is 0 Å². The van der Waals surface area contributed by atoms with Crippen molar-refractivity contribution < 1.29 is 8.42 Å². The highest BCUT2D eigenvalue weighted by Gasteiger charge is 2.14. The summed E-state index contributed by atoms with van der Waals surface area (Å²) in [5.41, 5.74) is 2.76. The number of benzene rings is 1. The summed E-state index contributed by atoms with van der Waals surface area (Å²) in [4.78, 5) is 6.23. The molecule has 0 bridgehead atoms. The summed E-state index contributed by atoms with van der Waals surface area (Å²) in [6.07, 6.45) is 3.89. The molecule has 6 heteroatoms. The van der Waals surface area contributed by atoms with Crippen molar-refractivity contribution in [3.05, 3.63) is 59.9 Å². The molecule has 5 nitrogen and oxygen atoms in total. The van der Waals surface area contributed by atoms with Gasteiger partial charge in [-0.1, -0.05) is 36.1 Å². The number of sulfonamides is 1. The monoisotopic (exact) mass is 341 g/mol. The van der Waals surface area contributed by atoms with Crippen LogP contribution >= 0.6 is 0 Å². The van der Waals surface area contributed by atoms with Gasteiger partial charge in [-0.3, -0.25) is 9.88 Å². The van der Waals surface area contributed by atoms with Gasteiger partial charge in [0.2, 0.25) is 10.0 Å². The number of nitrogens with one attached hydrogen (secondary N) is 1. The van der Waals surface area contributed by atoms with E-state index in [1.165, 1.54) is 29.6 Å². The molecule has 0 spiro atoms. The van der Waals surface area contributed by atoms with Gasteiger partial charge in [0.05, 0.1) is 13.1 Å². The molecule has 24 heavy (non-hydrogen) atoms. The Morgan fingerprint density at radius 3 is 2.75 bits per heavy atom. The fraction of sp³-hybridized carbons (Fsp3) is 0.278. The molecule has 0 radical (unpaired) electrons. The van der Waals surface area contributed by atoms with Gasteiger partial charge in [-0.05, 0) is 29.7 Å². The predicted molar refractivity (Wildman–Crippen MR) is 92.6 cm³/mol. The van der Waals surface area contributed by atoms with Crippen LogP contribution in [0.4, 0.5) is 0 Å². The second-order valence-corrected chi connectivity index (χ2v) is 7.36. The summed E-state index contributed by atoms with van der Waals surface area (Å²) < 4.78 is 26.5. The Labute approximate surface area is 142 Å². The van der Waals surface area contributed by atoms with Crippen molar-refractivity contribution in [2.45, 2.75) is 17.9 Å². The van der Waals surface area contributed by atoms with Crippen LogP contribution in [0.3, 0.4) is 0 Å². The van der Waals surface area contributed by atoms with Crippen LogP contribution < -0.4 is 4.72 Å². The lowest BCUT2D eigenvalue weighted by atomic mass is 10.0. The van der Waals surface area contributed by atoms with Crippen LogP contribution in [0.25, 0.3) is 0 Å². The first-order valence-corrected chi connectivity index (χ1v) is 9.28. The quantitative estimate of drug-likeness (QED) is 0.855. The fourth-order valence-corrected chi connectivity index (χ4v) is 3.53. The summed E-state index contributed by atoms with van der Waals surface area (Å²) in [5, 5.41) is 0. The van der Waals surface area contributed by atoms with Gasteiger partial charge in [0, 0.05) is 25.5 Å². The van der Waals surface area contributed by atoms with Crippen LogP contribution in [0, 0.1) is 11.8 Å². The molecule has 1 aromatic heterocycles. The molecular weight excluding hydrogens is 322 g/mol. The molecule has 0 amide bonds. The zero-order valence-electron chi connectivity index (χ0n) is 13.3. The average molecular weight is 341 g/mol. The lowest BCUT2D eigenvalue weighted by Gasteiger charge is -2.26. The number of pyridine rings is 1. The maximum absolute atomic E-state index is 12.0. The standard InChI is InChI=1S/C18H19N3O2S/c22-24(23,18-8-5-10-19-14-18)20-11-3-4-12-21-13-9-16-6-1-2-7-17(16)15-21/h1-2,5-8,10,14,20H,9,11-13,15H2. The molecule has 1 aliphatic rings. The topological polar surface area (TPSA) is 62.3 Å². The zero-order valence-corrected chi connectivity index (χ0v) is 14.1. The highest BCUT2D eigenvalue weighted by molar-refractivity contribution is 7.89. The van der Waals surface area contributed by atoms with Crippen molar-refractivity contribution in [2.75, 3.05) is 19.6 Å². The van der Waals surface area contributed by atoms with E-state index in [2.05, 4.69) is 50.7 Å². The van der Waals surface area contributed by atoms with E-state index in [-0.39, 0.29) is 11.4 Å². The number of aromatic nitrogens is 1. The molecule has 1 N–H and O–H groups in total. The first kappa shape index (κ1) is 16.7. The van der Waals surface area contributed by atoms with E-state index < -0.39 is 10.0 Å². The SMILES string of the molecule is O=S(=O)(NCC#CCN1CCc2ccccc2C1)c1cccnc1. The summed E-state index contributed by atoms with van der Waals surface area (Å²) in [6, 6.07) is 11.6. The van der Waals surface area contributed by atoms with E-state index in [1.807, 2.05) is 0 Å². The van der Waals surface area contributed by atoms with E-state index in [0.717, 1.165) is 19.5 Å². The number of fused-ring (bicyclic) bond motifs is 1. The van der Waals surface area contributed by atoms with Crippen LogP contribution in [0.1, 0.15) is 11.1 Å². The molecular formula is C18H19N3O2S. The van der Waals surface area contributed by atoms with Crippen molar-refractivity contribution in [1.29, 1.82) is 0 Å². The molecule has 124 valence electrons. The number of nitrogens with zero attached hydrogens (tertiary/aromatic N) is 2. The number of hydrogen-bond donors (Lipinski definition) is 1. The Bertz CT molecular complexity index is 855. The average Bonchev–Trinajstić information content (AvgIpc) is 2.62. The van der Waals surface area contributed by atoms with Gasteiger partial charge in [-0.25, -0.2) is 8.42 Å². The number of hydrogen-bond acceptors (Lipinski definition) is 4. The highest BCUT2D eigenvalue weighted by atomic mass is 32.2. The minimum Gasteiger partial charge on any atom is -0.288 e. The zero-order chi connectivity index (χ0) is 16.8. The van der Waals surface area contributed by atoms with Crippen molar-refractivity contribution >= 4 is 10.0 Å². The van der Waals surface area contributed by atoms with E-state index in [0.29, 0.717) is 6.54 Å². The molecule has 2 heterocycles. The van der Waals surface area contributed by atoms with Gasteiger partial charge in [0.1, 0.15) is 4.90 Å². The Kier molecular flexibility index (Phi) is 5.26. The smallest absolute Gasteiger partial charge is 0.242 e. The first-order chi connectivity index (χ1) is 11.6. The van der Waals surface area contributed by atoms with Gasteiger partial charge < -0.3 is 0 Å². The summed E-state index contributed by atoms with van der Waals surface area (Å²) >= 11 is 0. The maximum atomic E-state index is 12.0. The van der Waals surface area contributed by atoms with E-state index >= 15 is 0 Å². The number of rotatable bonds is 4. The Balaban J connectivity index is 1.49. The van der Waals surface area contributed by atoms with E-state index in [4.69, 9.17) is 0 Å². The molecule has 0 saturated carbocycles. The third kappa shape index (κ3) is 4.20. The predicted octanol–water partition coefficient (Wildman–Crippen LogP) is 1.42. The maximum Gasteiger partial charge on any atom is 0.242 e. The third-order valence-corrected chi connectivity index (χ3v) is 5.32. The Morgan fingerprint density at radius 2 is 1.96 bits per heavy atom. The first-order valence-electron chi connectivity index (χ1n) is 7.80. The van der Waals surface area contributed by atoms with Crippen molar-refractivity contribution in [1.82, 2.24) is 14.6 Å². The van der Waals surface area contributed by atoms with Crippen molar-refractivity contribution in [3.8, 4) is 11.8 Å². The molecule has 3 rings (SSSR count). The third-order valence-electron chi connectivity index (χ3n) is 3.93. The summed E-state index contributed by atoms with van der Waals surface area (Å²) in [5.74, 6) is 5.92. The fourth-order valence-electron chi connectivity index (χ4n) is 2.64. The Morgan fingerprint density at radius 1 is 1.12 bits per heavy atom. The van der Waals surface area contributed by atoms with Gasteiger partial charge in [-0.15, -0.1) is 0 Å². The minimum atomic E-state index is -3.53.